The highest BCUT2D eigenvalue weighted by Crippen LogP contribution is 2.10. The van der Waals surface area contributed by atoms with E-state index in [-0.39, 0.29) is 0 Å². The van der Waals surface area contributed by atoms with Crippen molar-refractivity contribution in [1.29, 1.82) is 0 Å². The lowest BCUT2D eigenvalue weighted by Crippen LogP contribution is -2.37. The van der Waals surface area contributed by atoms with Gasteiger partial charge in [-0.1, -0.05) is 0 Å². The summed E-state index contributed by atoms with van der Waals surface area (Å²) in [6, 6.07) is 4.82. The van der Waals surface area contributed by atoms with Crippen LogP contribution < -0.4 is 11.1 Å². The summed E-state index contributed by atoms with van der Waals surface area (Å²) in [6.07, 6.45) is -0.452. The van der Waals surface area contributed by atoms with E-state index in [0.717, 1.165) is 0 Å². The fourth-order valence-corrected chi connectivity index (χ4v) is 1.32. The first-order valence-electron chi connectivity index (χ1n) is 5.40. The van der Waals surface area contributed by atoms with Crippen LogP contribution in [0.1, 0.15) is 16.8 Å². The van der Waals surface area contributed by atoms with E-state index in [2.05, 4.69) is 10.1 Å². The van der Waals surface area contributed by atoms with Crippen LogP contribution in [-0.4, -0.2) is 36.1 Å². The van der Waals surface area contributed by atoms with E-state index < -0.39 is 30.3 Å². The molecule has 0 aromatic heterocycles. The number of hydrogen-bond donors (Lipinski definition) is 3. The molecular formula is C12H14N2O5. The van der Waals surface area contributed by atoms with Gasteiger partial charge in [-0.15, -0.1) is 0 Å². The number of anilines is 1. The van der Waals surface area contributed by atoms with Crippen LogP contribution in [0, 0.1) is 0 Å². The number of carbonyl (C=O) groups is 3. The second kappa shape index (κ2) is 6.50. The number of esters is 1. The summed E-state index contributed by atoms with van der Waals surface area (Å²) < 4.78 is 4.53. The summed E-state index contributed by atoms with van der Waals surface area (Å²) in [5.74, 6) is -2.24. The summed E-state index contributed by atoms with van der Waals surface area (Å²) in [7, 11) is 1.27. The molecule has 0 aliphatic rings. The van der Waals surface area contributed by atoms with Crippen LogP contribution in [0.4, 0.5) is 5.69 Å². The fourth-order valence-electron chi connectivity index (χ4n) is 1.32. The Morgan fingerprint density at radius 1 is 1.32 bits per heavy atom. The first-order valence-corrected chi connectivity index (χ1v) is 5.40. The van der Waals surface area contributed by atoms with Crippen molar-refractivity contribution in [2.24, 2.45) is 5.73 Å². The Morgan fingerprint density at radius 2 is 1.89 bits per heavy atom. The number of methoxy groups -OCH3 is 1. The first-order chi connectivity index (χ1) is 8.93. The molecule has 1 amide bonds. The molecule has 1 atom stereocenters. The molecule has 0 saturated carbocycles. The van der Waals surface area contributed by atoms with Crippen molar-refractivity contribution in [3.05, 3.63) is 29.8 Å². The zero-order valence-corrected chi connectivity index (χ0v) is 10.3. The number of nitrogens with two attached hydrogens (primary N) is 1. The topological polar surface area (TPSA) is 119 Å². The minimum atomic E-state index is -1.15. The first kappa shape index (κ1) is 14.7. The van der Waals surface area contributed by atoms with Gasteiger partial charge in [0.1, 0.15) is 0 Å². The molecule has 7 heteroatoms. The van der Waals surface area contributed by atoms with E-state index in [9.17, 15) is 14.4 Å². The van der Waals surface area contributed by atoms with E-state index in [0.29, 0.717) is 11.3 Å². The third-order valence-electron chi connectivity index (χ3n) is 2.30. The number of benzene rings is 1. The lowest BCUT2D eigenvalue weighted by molar-refractivity contribution is -0.138. The number of carbonyl (C=O) groups excluding carboxylic acids is 2. The predicted molar refractivity (Wildman–Crippen MR) is 66.6 cm³/mol. The molecule has 7 nitrogen and oxygen atoms in total. The van der Waals surface area contributed by atoms with Crippen molar-refractivity contribution in [1.82, 2.24) is 0 Å². The standard InChI is InChI=1S/C12H14N2O5/c1-19-12(18)7-2-4-8(5-3-7)14-11(17)9(13)6-10(15)16/h2-5,9H,6,13H2,1H3,(H,14,17)(H,15,16). The van der Waals surface area contributed by atoms with Crippen LogP contribution in [0.3, 0.4) is 0 Å². The SMILES string of the molecule is COC(=O)c1ccc(NC(=O)C(N)CC(=O)O)cc1. The molecule has 0 heterocycles. The van der Waals surface area contributed by atoms with Crippen LogP contribution in [0.15, 0.2) is 24.3 Å². The molecule has 0 bridgehead atoms. The van der Waals surface area contributed by atoms with Gasteiger partial charge in [-0.05, 0) is 24.3 Å². The molecule has 1 aromatic carbocycles. The van der Waals surface area contributed by atoms with E-state index in [1.807, 2.05) is 0 Å². The molecule has 1 unspecified atom stereocenters. The predicted octanol–water partition coefficient (Wildman–Crippen LogP) is 0.214. The summed E-state index contributed by atoms with van der Waals surface area (Å²) in [6.45, 7) is 0. The molecule has 0 radical (unpaired) electrons. The van der Waals surface area contributed by atoms with Crippen LogP contribution in [0.5, 0.6) is 0 Å². The van der Waals surface area contributed by atoms with Gasteiger partial charge >= 0.3 is 11.9 Å². The number of carboxylic acids is 1. The van der Waals surface area contributed by atoms with Gasteiger partial charge in [-0.2, -0.15) is 0 Å². The highest BCUT2D eigenvalue weighted by atomic mass is 16.5. The van der Waals surface area contributed by atoms with Crippen LogP contribution >= 0.6 is 0 Å². The maximum Gasteiger partial charge on any atom is 0.337 e. The van der Waals surface area contributed by atoms with Crippen LogP contribution in [-0.2, 0) is 14.3 Å². The Bertz CT molecular complexity index is 483. The number of hydrogen-bond acceptors (Lipinski definition) is 5. The maximum atomic E-state index is 11.5. The van der Waals surface area contributed by atoms with Gasteiger partial charge < -0.3 is 20.9 Å². The average molecular weight is 266 g/mol. The molecule has 0 saturated heterocycles. The van der Waals surface area contributed by atoms with E-state index in [1.165, 1.54) is 31.4 Å². The quantitative estimate of drug-likeness (QED) is 0.656. The molecule has 19 heavy (non-hydrogen) atoms. The van der Waals surface area contributed by atoms with E-state index in [1.54, 1.807) is 0 Å². The molecule has 102 valence electrons. The lowest BCUT2D eigenvalue weighted by Gasteiger charge is -2.10. The zero-order chi connectivity index (χ0) is 14.4. The Balaban J connectivity index is 2.65. The number of carboxylic acid groups (broad SMARTS) is 1. The van der Waals surface area contributed by atoms with Crippen molar-refractivity contribution < 1.29 is 24.2 Å². The molecule has 4 N–H and O–H groups in total. The zero-order valence-electron chi connectivity index (χ0n) is 10.3. The third-order valence-corrected chi connectivity index (χ3v) is 2.30. The van der Waals surface area contributed by atoms with Gasteiger partial charge in [0, 0.05) is 5.69 Å². The Hall–Kier alpha value is -2.41. The van der Waals surface area contributed by atoms with Crippen LogP contribution in [0.2, 0.25) is 0 Å². The third kappa shape index (κ3) is 4.40. The highest BCUT2D eigenvalue weighted by Gasteiger charge is 2.17. The second-order valence-corrected chi connectivity index (χ2v) is 3.76. The van der Waals surface area contributed by atoms with Gasteiger partial charge in [-0.3, -0.25) is 9.59 Å². The van der Waals surface area contributed by atoms with Crippen molar-refractivity contribution in [2.75, 3.05) is 12.4 Å². The second-order valence-electron chi connectivity index (χ2n) is 3.76. The number of aliphatic carboxylic acids is 1. The number of ether oxygens (including phenoxy) is 1. The summed E-state index contributed by atoms with van der Waals surface area (Å²) in [5.41, 5.74) is 6.16. The van der Waals surface area contributed by atoms with Crippen molar-refractivity contribution >= 4 is 23.5 Å². The fraction of sp³-hybridized carbons (Fsp3) is 0.250. The van der Waals surface area contributed by atoms with Gasteiger partial charge in [0.2, 0.25) is 5.91 Å². The minimum absolute atomic E-state index is 0.343. The van der Waals surface area contributed by atoms with E-state index >= 15 is 0 Å². The molecular weight excluding hydrogens is 252 g/mol. The number of rotatable bonds is 5. The number of nitrogens with one attached hydrogen (secondary N) is 1. The lowest BCUT2D eigenvalue weighted by atomic mass is 10.2. The molecule has 0 fully saturated rings. The Labute approximate surface area is 109 Å². The van der Waals surface area contributed by atoms with Gasteiger partial charge in [0.25, 0.3) is 0 Å². The summed E-state index contributed by atoms with van der Waals surface area (Å²) in [5, 5.41) is 11.0. The normalized spacial score (nSPS) is 11.5. The smallest absolute Gasteiger partial charge is 0.337 e. The van der Waals surface area contributed by atoms with Gasteiger partial charge in [-0.25, -0.2) is 4.79 Å². The summed E-state index contributed by atoms with van der Waals surface area (Å²) >= 11 is 0. The van der Waals surface area contributed by atoms with Crippen molar-refractivity contribution in [2.45, 2.75) is 12.5 Å². The average Bonchev–Trinajstić information content (AvgIpc) is 2.37. The summed E-state index contributed by atoms with van der Waals surface area (Å²) in [4.78, 5) is 33.1. The van der Waals surface area contributed by atoms with Crippen molar-refractivity contribution in [3.63, 3.8) is 0 Å². The van der Waals surface area contributed by atoms with E-state index in [4.69, 9.17) is 10.8 Å². The van der Waals surface area contributed by atoms with Crippen molar-refractivity contribution in [3.8, 4) is 0 Å². The molecule has 0 spiro atoms. The minimum Gasteiger partial charge on any atom is -0.481 e. The van der Waals surface area contributed by atoms with Gasteiger partial charge in [0.15, 0.2) is 0 Å². The maximum absolute atomic E-state index is 11.5. The Kier molecular flexibility index (Phi) is 5.01. The molecule has 0 aliphatic carbocycles. The number of amides is 1. The largest absolute Gasteiger partial charge is 0.481 e. The monoisotopic (exact) mass is 266 g/mol. The Morgan fingerprint density at radius 3 is 2.37 bits per heavy atom. The molecule has 0 aliphatic heterocycles. The molecule has 1 rings (SSSR count). The molecule has 1 aromatic rings. The van der Waals surface area contributed by atoms with Gasteiger partial charge in [0.05, 0.1) is 25.1 Å². The highest BCUT2D eigenvalue weighted by molar-refractivity contribution is 5.97. The van der Waals surface area contributed by atoms with Crippen LogP contribution in [0.25, 0.3) is 0 Å².